The van der Waals surface area contributed by atoms with Crippen LogP contribution in [0.25, 0.3) is 0 Å². The van der Waals surface area contributed by atoms with E-state index in [9.17, 15) is 10.1 Å². The van der Waals surface area contributed by atoms with Crippen molar-refractivity contribution in [2.24, 2.45) is 11.8 Å². The predicted molar refractivity (Wildman–Crippen MR) is 75.5 cm³/mol. The summed E-state index contributed by atoms with van der Waals surface area (Å²) in [7, 11) is 1.88. The van der Waals surface area contributed by atoms with E-state index in [1.807, 2.05) is 11.9 Å². The molecule has 8 heteroatoms. The van der Waals surface area contributed by atoms with Gasteiger partial charge in [-0.1, -0.05) is 0 Å². The SMILES string of the molecule is CN(CC1CCOCC1)c1cc([N+](=O)[O-])cc(NN)n1. The summed E-state index contributed by atoms with van der Waals surface area (Å²) in [5.41, 5.74) is 2.33. The fourth-order valence-electron chi connectivity index (χ4n) is 2.29. The minimum atomic E-state index is -0.450. The van der Waals surface area contributed by atoms with E-state index in [4.69, 9.17) is 10.6 Å². The van der Waals surface area contributed by atoms with Gasteiger partial charge in [-0.05, 0) is 18.8 Å². The Morgan fingerprint density at radius 2 is 2.25 bits per heavy atom. The molecule has 0 amide bonds. The maximum Gasteiger partial charge on any atom is 0.276 e. The van der Waals surface area contributed by atoms with Crippen LogP contribution in [0.5, 0.6) is 0 Å². The summed E-state index contributed by atoms with van der Waals surface area (Å²) in [6.45, 7) is 2.34. The lowest BCUT2D eigenvalue weighted by molar-refractivity contribution is -0.384. The van der Waals surface area contributed by atoms with Crippen LogP contribution in [0.1, 0.15) is 12.8 Å². The van der Waals surface area contributed by atoms with Gasteiger partial charge in [0, 0.05) is 26.8 Å². The average Bonchev–Trinajstić information content (AvgIpc) is 2.47. The molecule has 2 heterocycles. The molecule has 20 heavy (non-hydrogen) atoms. The van der Waals surface area contributed by atoms with Gasteiger partial charge in [-0.15, -0.1) is 0 Å². The molecule has 0 spiro atoms. The Balaban J connectivity index is 2.13. The lowest BCUT2D eigenvalue weighted by Gasteiger charge is -2.27. The van der Waals surface area contributed by atoms with Gasteiger partial charge in [-0.2, -0.15) is 0 Å². The number of hydrogen-bond donors (Lipinski definition) is 2. The molecule has 1 fully saturated rings. The second-order valence-corrected chi connectivity index (χ2v) is 4.91. The van der Waals surface area contributed by atoms with Gasteiger partial charge in [0.25, 0.3) is 5.69 Å². The van der Waals surface area contributed by atoms with Crippen molar-refractivity contribution in [3.8, 4) is 0 Å². The number of hydrogen-bond acceptors (Lipinski definition) is 7. The van der Waals surface area contributed by atoms with E-state index in [0.29, 0.717) is 11.7 Å². The largest absolute Gasteiger partial charge is 0.381 e. The number of nitrogens with one attached hydrogen (secondary N) is 1. The van der Waals surface area contributed by atoms with Crippen LogP contribution in [0.15, 0.2) is 12.1 Å². The molecular formula is C12H19N5O3. The smallest absolute Gasteiger partial charge is 0.276 e. The highest BCUT2D eigenvalue weighted by Crippen LogP contribution is 2.24. The van der Waals surface area contributed by atoms with Gasteiger partial charge in [0.05, 0.1) is 17.1 Å². The number of pyridine rings is 1. The third-order valence-corrected chi connectivity index (χ3v) is 3.42. The first-order valence-electron chi connectivity index (χ1n) is 6.52. The number of hydrazine groups is 1. The molecule has 1 aromatic rings. The number of aromatic nitrogens is 1. The fraction of sp³-hybridized carbons (Fsp3) is 0.583. The summed E-state index contributed by atoms with van der Waals surface area (Å²) in [5, 5.41) is 10.9. The Bertz CT molecular complexity index is 476. The van der Waals surface area contributed by atoms with Gasteiger partial charge >= 0.3 is 0 Å². The molecule has 0 atom stereocenters. The first kappa shape index (κ1) is 14.5. The van der Waals surface area contributed by atoms with Crippen LogP contribution in [0, 0.1) is 16.0 Å². The number of nitrogen functional groups attached to an aromatic ring is 1. The molecule has 3 N–H and O–H groups in total. The van der Waals surface area contributed by atoms with Crippen molar-refractivity contribution >= 4 is 17.3 Å². The van der Waals surface area contributed by atoms with Crippen LogP contribution >= 0.6 is 0 Å². The zero-order chi connectivity index (χ0) is 14.5. The molecule has 110 valence electrons. The Morgan fingerprint density at radius 3 is 2.85 bits per heavy atom. The van der Waals surface area contributed by atoms with Crippen molar-refractivity contribution in [3.05, 3.63) is 22.2 Å². The third-order valence-electron chi connectivity index (χ3n) is 3.42. The number of nitro groups is 1. The summed E-state index contributed by atoms with van der Waals surface area (Å²) in [5.74, 6) is 6.65. The molecule has 1 aliphatic rings. The van der Waals surface area contributed by atoms with Crippen molar-refractivity contribution in [1.29, 1.82) is 0 Å². The van der Waals surface area contributed by atoms with Crippen molar-refractivity contribution in [3.63, 3.8) is 0 Å². The van der Waals surface area contributed by atoms with E-state index in [1.54, 1.807) is 0 Å². The second-order valence-electron chi connectivity index (χ2n) is 4.91. The third kappa shape index (κ3) is 3.55. The minimum Gasteiger partial charge on any atom is -0.381 e. The Kier molecular flexibility index (Phi) is 4.70. The highest BCUT2D eigenvalue weighted by atomic mass is 16.6. The number of rotatable bonds is 5. The van der Waals surface area contributed by atoms with Gasteiger partial charge < -0.3 is 15.1 Å². The Hall–Kier alpha value is -1.93. The van der Waals surface area contributed by atoms with E-state index < -0.39 is 4.92 Å². The average molecular weight is 281 g/mol. The van der Waals surface area contributed by atoms with Crippen molar-refractivity contribution < 1.29 is 9.66 Å². The zero-order valence-electron chi connectivity index (χ0n) is 11.4. The minimum absolute atomic E-state index is 0.0261. The van der Waals surface area contributed by atoms with Crippen LogP contribution in [0.4, 0.5) is 17.3 Å². The summed E-state index contributed by atoms with van der Waals surface area (Å²) in [6.07, 6.45) is 2.00. The molecule has 0 aromatic carbocycles. The number of anilines is 2. The van der Waals surface area contributed by atoms with Crippen LogP contribution in [0.2, 0.25) is 0 Å². The zero-order valence-corrected chi connectivity index (χ0v) is 11.4. The molecule has 0 radical (unpaired) electrons. The molecule has 1 saturated heterocycles. The standard InChI is InChI=1S/C12H19N5O3/c1-16(8-9-2-4-20-5-3-9)12-7-10(17(18)19)6-11(14-12)15-13/h6-7,9H,2-5,8,13H2,1H3,(H,14,15). The highest BCUT2D eigenvalue weighted by Gasteiger charge is 2.19. The second kappa shape index (κ2) is 6.49. The van der Waals surface area contributed by atoms with Crippen LogP contribution in [-0.4, -0.2) is 36.7 Å². The van der Waals surface area contributed by atoms with E-state index in [1.165, 1.54) is 12.1 Å². The number of nitrogens with zero attached hydrogens (tertiary/aromatic N) is 3. The Morgan fingerprint density at radius 1 is 1.55 bits per heavy atom. The van der Waals surface area contributed by atoms with Crippen LogP contribution in [0.3, 0.4) is 0 Å². The molecule has 2 rings (SSSR count). The van der Waals surface area contributed by atoms with Crippen molar-refractivity contribution in [2.45, 2.75) is 12.8 Å². The molecule has 0 unspecified atom stereocenters. The van der Waals surface area contributed by atoms with Gasteiger partial charge in [-0.25, -0.2) is 10.8 Å². The number of ether oxygens (including phenoxy) is 1. The van der Waals surface area contributed by atoms with Crippen LogP contribution in [-0.2, 0) is 4.74 Å². The molecule has 0 saturated carbocycles. The van der Waals surface area contributed by atoms with E-state index >= 15 is 0 Å². The predicted octanol–water partition coefficient (Wildman–Crippen LogP) is 1.14. The maximum absolute atomic E-state index is 10.9. The normalized spacial score (nSPS) is 15.9. The summed E-state index contributed by atoms with van der Waals surface area (Å²) < 4.78 is 5.32. The number of nitrogens with two attached hydrogens (primary N) is 1. The Labute approximate surface area is 117 Å². The van der Waals surface area contributed by atoms with E-state index in [0.717, 1.165) is 32.6 Å². The summed E-state index contributed by atoms with van der Waals surface area (Å²) in [6, 6.07) is 2.77. The van der Waals surface area contributed by atoms with Gasteiger partial charge in [0.15, 0.2) is 0 Å². The molecular weight excluding hydrogens is 262 g/mol. The van der Waals surface area contributed by atoms with Gasteiger partial charge in [0.1, 0.15) is 11.6 Å². The summed E-state index contributed by atoms with van der Waals surface area (Å²) >= 11 is 0. The molecule has 1 aromatic heterocycles. The van der Waals surface area contributed by atoms with Crippen LogP contribution < -0.4 is 16.2 Å². The maximum atomic E-state index is 10.9. The molecule has 0 aliphatic carbocycles. The summed E-state index contributed by atoms with van der Waals surface area (Å²) in [4.78, 5) is 16.6. The monoisotopic (exact) mass is 281 g/mol. The molecule has 0 bridgehead atoms. The fourth-order valence-corrected chi connectivity index (χ4v) is 2.29. The van der Waals surface area contributed by atoms with Crippen molar-refractivity contribution in [2.75, 3.05) is 37.1 Å². The van der Waals surface area contributed by atoms with Crippen molar-refractivity contribution in [1.82, 2.24) is 4.98 Å². The van der Waals surface area contributed by atoms with E-state index in [2.05, 4.69) is 10.4 Å². The topological polar surface area (TPSA) is 107 Å². The lowest BCUT2D eigenvalue weighted by Crippen LogP contribution is -2.30. The van der Waals surface area contributed by atoms with Gasteiger partial charge in [-0.3, -0.25) is 10.1 Å². The first-order valence-corrected chi connectivity index (χ1v) is 6.52. The molecule has 1 aliphatic heterocycles. The molecule has 8 nitrogen and oxygen atoms in total. The quantitative estimate of drug-likeness (QED) is 0.473. The lowest BCUT2D eigenvalue weighted by atomic mass is 10.00. The van der Waals surface area contributed by atoms with Gasteiger partial charge in [0.2, 0.25) is 0 Å². The highest BCUT2D eigenvalue weighted by molar-refractivity contribution is 5.55. The first-order chi connectivity index (χ1) is 9.60. The van der Waals surface area contributed by atoms with E-state index in [-0.39, 0.29) is 11.5 Å².